The van der Waals surface area contributed by atoms with E-state index in [9.17, 15) is 18.3 Å². The van der Waals surface area contributed by atoms with Crippen LogP contribution in [-0.2, 0) is 28.3 Å². The zero-order chi connectivity index (χ0) is 17.2. The standard InChI is InChI=1S/C15H19N3O4S/c1-10-14(11(2)18(3)16-10)23(21,22)17-13(15(19)20)9-12-7-5-4-6-8-12/h4-8,13,17H,9H2,1-3H3,(H,19,20)/t13-/m1/s1. The lowest BCUT2D eigenvalue weighted by atomic mass is 10.1. The summed E-state index contributed by atoms with van der Waals surface area (Å²) < 4.78 is 28.9. The second kappa shape index (κ2) is 6.51. The molecule has 1 heterocycles. The molecule has 0 fully saturated rings. The third-order valence-corrected chi connectivity index (χ3v) is 5.31. The van der Waals surface area contributed by atoms with Crippen LogP contribution in [0.4, 0.5) is 0 Å². The number of hydrogen-bond acceptors (Lipinski definition) is 4. The van der Waals surface area contributed by atoms with Gasteiger partial charge in [-0.25, -0.2) is 8.42 Å². The Morgan fingerprint density at radius 3 is 2.39 bits per heavy atom. The summed E-state index contributed by atoms with van der Waals surface area (Å²) in [6, 6.07) is 7.62. The van der Waals surface area contributed by atoms with Crippen LogP contribution in [0, 0.1) is 13.8 Å². The van der Waals surface area contributed by atoms with Gasteiger partial charge in [0.1, 0.15) is 10.9 Å². The molecule has 0 aliphatic carbocycles. The van der Waals surface area contributed by atoms with Gasteiger partial charge in [-0.05, 0) is 25.8 Å². The molecule has 0 aliphatic heterocycles. The van der Waals surface area contributed by atoms with E-state index < -0.39 is 22.0 Å². The van der Waals surface area contributed by atoms with Gasteiger partial charge in [0.15, 0.2) is 0 Å². The number of aliphatic carboxylic acids is 1. The van der Waals surface area contributed by atoms with E-state index in [1.807, 2.05) is 6.07 Å². The molecular weight excluding hydrogens is 318 g/mol. The molecule has 1 aromatic heterocycles. The van der Waals surface area contributed by atoms with Crippen molar-refractivity contribution in [3.05, 3.63) is 47.3 Å². The first-order valence-electron chi connectivity index (χ1n) is 7.01. The number of nitrogens with zero attached hydrogens (tertiary/aromatic N) is 2. The van der Waals surface area contributed by atoms with Crippen LogP contribution in [0.25, 0.3) is 0 Å². The van der Waals surface area contributed by atoms with Crippen molar-refractivity contribution in [2.75, 3.05) is 0 Å². The molecule has 0 aliphatic rings. The lowest BCUT2D eigenvalue weighted by Gasteiger charge is -2.15. The van der Waals surface area contributed by atoms with Gasteiger partial charge < -0.3 is 5.11 Å². The normalized spacial score (nSPS) is 13.0. The van der Waals surface area contributed by atoms with E-state index in [0.717, 1.165) is 5.56 Å². The maximum absolute atomic E-state index is 12.6. The van der Waals surface area contributed by atoms with Crippen LogP contribution >= 0.6 is 0 Å². The highest BCUT2D eigenvalue weighted by molar-refractivity contribution is 7.89. The molecule has 8 heteroatoms. The molecule has 23 heavy (non-hydrogen) atoms. The summed E-state index contributed by atoms with van der Waals surface area (Å²) in [5, 5.41) is 13.4. The maximum atomic E-state index is 12.6. The Balaban J connectivity index is 2.30. The number of hydrogen-bond donors (Lipinski definition) is 2. The average Bonchev–Trinajstić information content (AvgIpc) is 2.72. The topological polar surface area (TPSA) is 101 Å². The fourth-order valence-corrected chi connectivity index (χ4v) is 4.05. The van der Waals surface area contributed by atoms with Gasteiger partial charge in [0.2, 0.25) is 10.0 Å². The second-order valence-electron chi connectivity index (χ2n) is 5.33. The number of sulfonamides is 1. The van der Waals surface area contributed by atoms with Gasteiger partial charge in [0.25, 0.3) is 0 Å². The van der Waals surface area contributed by atoms with E-state index in [1.54, 1.807) is 45.2 Å². The van der Waals surface area contributed by atoms with Crippen molar-refractivity contribution < 1.29 is 18.3 Å². The van der Waals surface area contributed by atoms with Gasteiger partial charge in [0.05, 0.1) is 11.4 Å². The lowest BCUT2D eigenvalue weighted by molar-refractivity contribution is -0.138. The van der Waals surface area contributed by atoms with Crippen molar-refractivity contribution in [1.82, 2.24) is 14.5 Å². The molecule has 2 aromatic rings. The molecule has 0 amide bonds. The Hall–Kier alpha value is -2.19. The molecular formula is C15H19N3O4S. The van der Waals surface area contributed by atoms with Gasteiger partial charge in [-0.3, -0.25) is 9.48 Å². The Morgan fingerprint density at radius 2 is 1.91 bits per heavy atom. The summed E-state index contributed by atoms with van der Waals surface area (Å²) >= 11 is 0. The predicted octanol–water partition coefficient (Wildman–Crippen LogP) is 1.01. The van der Waals surface area contributed by atoms with E-state index in [2.05, 4.69) is 9.82 Å². The first-order valence-corrected chi connectivity index (χ1v) is 8.50. The van der Waals surface area contributed by atoms with Gasteiger partial charge in [-0.1, -0.05) is 30.3 Å². The third-order valence-electron chi connectivity index (χ3n) is 3.59. The Morgan fingerprint density at radius 1 is 1.30 bits per heavy atom. The van der Waals surface area contributed by atoms with Crippen molar-refractivity contribution in [3.63, 3.8) is 0 Å². The first-order chi connectivity index (χ1) is 10.7. The number of rotatable bonds is 6. The summed E-state index contributed by atoms with van der Waals surface area (Å²) in [7, 11) is -2.34. The molecule has 2 N–H and O–H groups in total. The molecule has 0 saturated carbocycles. The lowest BCUT2D eigenvalue weighted by Crippen LogP contribution is -2.42. The number of nitrogens with one attached hydrogen (secondary N) is 1. The fraction of sp³-hybridized carbons (Fsp3) is 0.333. The van der Waals surface area contributed by atoms with Gasteiger partial charge in [-0.2, -0.15) is 9.82 Å². The molecule has 0 spiro atoms. The summed E-state index contributed by atoms with van der Waals surface area (Å²) in [6.07, 6.45) is 0.0633. The Kier molecular flexibility index (Phi) is 4.86. The van der Waals surface area contributed by atoms with Crippen molar-refractivity contribution in [3.8, 4) is 0 Å². The van der Waals surface area contributed by atoms with Crippen molar-refractivity contribution in [1.29, 1.82) is 0 Å². The SMILES string of the molecule is Cc1nn(C)c(C)c1S(=O)(=O)N[C@H](Cc1ccccc1)C(=O)O. The molecule has 0 saturated heterocycles. The quantitative estimate of drug-likeness (QED) is 0.819. The number of carbonyl (C=O) groups is 1. The first kappa shape index (κ1) is 17.2. The van der Waals surface area contributed by atoms with Crippen molar-refractivity contribution in [2.24, 2.45) is 7.05 Å². The van der Waals surface area contributed by atoms with Crippen LogP contribution in [0.5, 0.6) is 0 Å². The smallest absolute Gasteiger partial charge is 0.322 e. The number of aromatic nitrogens is 2. The minimum atomic E-state index is -3.98. The monoisotopic (exact) mass is 337 g/mol. The summed E-state index contributed by atoms with van der Waals surface area (Å²) in [6.45, 7) is 3.20. The summed E-state index contributed by atoms with van der Waals surface area (Å²) in [5.41, 5.74) is 1.53. The number of carboxylic acid groups (broad SMARTS) is 1. The van der Waals surface area contributed by atoms with Crippen LogP contribution in [0.1, 0.15) is 17.0 Å². The summed E-state index contributed by atoms with van der Waals surface area (Å²) in [4.78, 5) is 11.5. The molecule has 7 nitrogen and oxygen atoms in total. The highest BCUT2D eigenvalue weighted by atomic mass is 32.2. The van der Waals surface area contributed by atoms with Gasteiger partial charge >= 0.3 is 5.97 Å². The number of benzene rings is 1. The Labute approximate surface area is 135 Å². The molecule has 124 valence electrons. The van der Waals surface area contributed by atoms with Crippen LogP contribution in [0.3, 0.4) is 0 Å². The van der Waals surface area contributed by atoms with E-state index >= 15 is 0 Å². The van der Waals surface area contributed by atoms with E-state index in [1.165, 1.54) is 4.68 Å². The second-order valence-corrected chi connectivity index (χ2v) is 6.98. The Bertz CT molecular complexity index is 813. The number of aryl methyl sites for hydroxylation is 2. The zero-order valence-corrected chi connectivity index (χ0v) is 14.0. The van der Waals surface area contributed by atoms with Crippen LogP contribution in [0.2, 0.25) is 0 Å². The van der Waals surface area contributed by atoms with Crippen LogP contribution in [0.15, 0.2) is 35.2 Å². The van der Waals surface area contributed by atoms with E-state index in [-0.39, 0.29) is 11.3 Å². The van der Waals surface area contributed by atoms with E-state index in [0.29, 0.717) is 11.4 Å². The largest absolute Gasteiger partial charge is 0.480 e. The average molecular weight is 337 g/mol. The highest BCUT2D eigenvalue weighted by Gasteiger charge is 2.29. The zero-order valence-electron chi connectivity index (χ0n) is 13.1. The highest BCUT2D eigenvalue weighted by Crippen LogP contribution is 2.19. The molecule has 0 bridgehead atoms. The maximum Gasteiger partial charge on any atom is 0.322 e. The van der Waals surface area contributed by atoms with Gasteiger partial charge in [0, 0.05) is 7.05 Å². The minimum absolute atomic E-state index is 0.0271. The third kappa shape index (κ3) is 3.77. The molecule has 0 radical (unpaired) electrons. The van der Waals surface area contributed by atoms with E-state index in [4.69, 9.17) is 0 Å². The van der Waals surface area contributed by atoms with Gasteiger partial charge in [-0.15, -0.1) is 0 Å². The molecule has 2 rings (SSSR count). The van der Waals surface area contributed by atoms with Crippen molar-refractivity contribution >= 4 is 16.0 Å². The molecule has 1 aromatic carbocycles. The van der Waals surface area contributed by atoms with Crippen LogP contribution in [-0.4, -0.2) is 35.3 Å². The molecule has 0 unspecified atom stereocenters. The van der Waals surface area contributed by atoms with Crippen molar-refractivity contribution in [2.45, 2.75) is 31.2 Å². The predicted molar refractivity (Wildman–Crippen MR) is 84.6 cm³/mol. The van der Waals surface area contributed by atoms with Crippen LogP contribution < -0.4 is 4.72 Å². The summed E-state index contributed by atoms with van der Waals surface area (Å²) in [5.74, 6) is -1.23. The fourth-order valence-electron chi connectivity index (χ4n) is 2.42. The molecule has 1 atom stereocenters. The number of carboxylic acids is 1. The minimum Gasteiger partial charge on any atom is -0.480 e.